The summed E-state index contributed by atoms with van der Waals surface area (Å²) in [5, 5.41) is 0. The molecular weight excluding hydrogens is 299 g/mol. The van der Waals surface area contributed by atoms with Gasteiger partial charge < -0.3 is 18.9 Å². The second-order valence-corrected chi connectivity index (χ2v) is 5.67. The van der Waals surface area contributed by atoms with Crippen molar-refractivity contribution in [1.29, 1.82) is 0 Å². The van der Waals surface area contributed by atoms with E-state index in [-0.39, 0.29) is 13.0 Å². The Morgan fingerprint density at radius 1 is 1.43 bits per heavy atom. The van der Waals surface area contributed by atoms with Crippen LogP contribution in [-0.4, -0.2) is 42.3 Å². The summed E-state index contributed by atoms with van der Waals surface area (Å²) in [6.45, 7) is 5.39. The molecule has 3 atom stereocenters. The molecule has 1 fully saturated rings. The van der Waals surface area contributed by atoms with E-state index in [4.69, 9.17) is 18.9 Å². The summed E-state index contributed by atoms with van der Waals surface area (Å²) in [5.41, 5.74) is 0. The maximum absolute atomic E-state index is 11.7. The zero-order valence-electron chi connectivity index (χ0n) is 12.4. The van der Waals surface area contributed by atoms with Crippen LogP contribution in [0.25, 0.3) is 0 Å². The molecular formula is C13H21O7P. The van der Waals surface area contributed by atoms with Crippen molar-refractivity contribution in [3.05, 3.63) is 0 Å². The minimum Gasteiger partial charge on any atom is -0.463 e. The number of carbonyl (C=O) groups is 3. The van der Waals surface area contributed by atoms with Gasteiger partial charge in [-0.2, -0.15) is 0 Å². The van der Waals surface area contributed by atoms with Crippen LogP contribution in [0.15, 0.2) is 0 Å². The molecule has 120 valence electrons. The number of esters is 3. The summed E-state index contributed by atoms with van der Waals surface area (Å²) in [4.78, 5) is 34.7. The smallest absolute Gasteiger partial charge is 0.351 e. The lowest BCUT2D eigenvalue weighted by molar-refractivity contribution is -0.166. The number of hydrogen-bond acceptors (Lipinski definition) is 7. The summed E-state index contributed by atoms with van der Waals surface area (Å²) in [5.74, 6) is -4.15. The Balaban J connectivity index is 2.36. The highest BCUT2D eigenvalue weighted by Crippen LogP contribution is 2.25. The van der Waals surface area contributed by atoms with Crippen molar-refractivity contribution in [3.63, 3.8) is 0 Å². The molecule has 0 saturated carbocycles. The Kier molecular flexibility index (Phi) is 6.55. The molecule has 1 aliphatic heterocycles. The standard InChI is InChI=1S/C13H21O7P/c1-4-5-6-17-11(16)12(21)18-9(14)7-8-10(15)20-13(2,3)19-8/h8,12H,4-7,21H2,1-3H3/t8-,12-/m0/s1. The monoisotopic (exact) mass is 320 g/mol. The number of ether oxygens (including phenoxy) is 4. The van der Waals surface area contributed by atoms with Crippen molar-refractivity contribution in [2.45, 2.75) is 57.8 Å². The van der Waals surface area contributed by atoms with E-state index in [0.29, 0.717) is 0 Å². The predicted octanol–water partition coefficient (Wildman–Crippen LogP) is 1.14. The molecule has 1 unspecified atom stereocenters. The molecule has 0 aromatic rings. The van der Waals surface area contributed by atoms with Gasteiger partial charge in [0.15, 0.2) is 6.10 Å². The van der Waals surface area contributed by atoms with Crippen LogP contribution >= 0.6 is 9.24 Å². The fraction of sp³-hybridized carbons (Fsp3) is 0.769. The van der Waals surface area contributed by atoms with Crippen LogP contribution in [0.2, 0.25) is 0 Å². The summed E-state index contributed by atoms with van der Waals surface area (Å²) in [6.07, 6.45) is 0.315. The van der Waals surface area contributed by atoms with E-state index >= 15 is 0 Å². The highest BCUT2D eigenvalue weighted by molar-refractivity contribution is 7.19. The fourth-order valence-corrected chi connectivity index (χ4v) is 1.88. The van der Waals surface area contributed by atoms with Gasteiger partial charge in [-0.25, -0.2) is 9.59 Å². The molecule has 21 heavy (non-hydrogen) atoms. The van der Waals surface area contributed by atoms with Crippen molar-refractivity contribution in [3.8, 4) is 0 Å². The largest absolute Gasteiger partial charge is 0.463 e. The third-order valence-electron chi connectivity index (χ3n) is 2.62. The van der Waals surface area contributed by atoms with Crippen molar-refractivity contribution in [2.75, 3.05) is 6.61 Å². The predicted molar refractivity (Wildman–Crippen MR) is 75.1 cm³/mol. The topological polar surface area (TPSA) is 88.1 Å². The minimum atomic E-state index is -1.10. The number of cyclic esters (lactones) is 1. The molecule has 0 aromatic heterocycles. The lowest BCUT2D eigenvalue weighted by atomic mass is 10.2. The number of carbonyl (C=O) groups excluding carboxylic acids is 3. The molecule has 1 aliphatic rings. The lowest BCUT2D eigenvalue weighted by Gasteiger charge is -2.15. The lowest BCUT2D eigenvalue weighted by Crippen LogP contribution is -2.28. The van der Waals surface area contributed by atoms with E-state index in [1.54, 1.807) is 13.8 Å². The quantitative estimate of drug-likeness (QED) is 0.301. The SMILES string of the molecule is CCCCOC(=O)[C@H](P)OC(=O)C[C@@H]1OC(C)(C)OC1=O. The van der Waals surface area contributed by atoms with Crippen LogP contribution in [0.3, 0.4) is 0 Å². The van der Waals surface area contributed by atoms with Crippen LogP contribution in [0.4, 0.5) is 0 Å². The molecule has 7 nitrogen and oxygen atoms in total. The van der Waals surface area contributed by atoms with Gasteiger partial charge in [0.1, 0.15) is 0 Å². The third-order valence-corrected chi connectivity index (χ3v) is 3.03. The minimum absolute atomic E-state index is 0.282. The van der Waals surface area contributed by atoms with Crippen LogP contribution in [0.1, 0.15) is 40.0 Å². The molecule has 1 rings (SSSR count). The summed E-state index contributed by atoms with van der Waals surface area (Å²) < 4.78 is 20.0. The van der Waals surface area contributed by atoms with Gasteiger partial charge in [-0.15, -0.1) is 0 Å². The van der Waals surface area contributed by atoms with Gasteiger partial charge in [-0.1, -0.05) is 22.6 Å². The zero-order valence-corrected chi connectivity index (χ0v) is 13.6. The van der Waals surface area contributed by atoms with E-state index in [1.807, 2.05) is 6.92 Å². The van der Waals surface area contributed by atoms with Crippen molar-refractivity contribution < 1.29 is 33.3 Å². The molecule has 0 spiro atoms. The first-order valence-electron chi connectivity index (χ1n) is 6.77. The summed E-state index contributed by atoms with van der Waals surface area (Å²) in [7, 11) is 2.08. The molecule has 0 bridgehead atoms. The van der Waals surface area contributed by atoms with E-state index in [1.165, 1.54) is 0 Å². The Hall–Kier alpha value is -1.20. The van der Waals surface area contributed by atoms with E-state index < -0.39 is 35.6 Å². The van der Waals surface area contributed by atoms with Gasteiger partial charge in [0, 0.05) is 13.8 Å². The van der Waals surface area contributed by atoms with Crippen LogP contribution < -0.4 is 0 Å². The Morgan fingerprint density at radius 2 is 2.10 bits per heavy atom. The van der Waals surface area contributed by atoms with Gasteiger partial charge >= 0.3 is 17.9 Å². The first-order chi connectivity index (χ1) is 9.75. The molecule has 0 N–H and O–H groups in total. The highest BCUT2D eigenvalue weighted by atomic mass is 31.0. The summed E-state index contributed by atoms with van der Waals surface area (Å²) in [6, 6.07) is 0. The first kappa shape index (κ1) is 17.9. The molecule has 8 heteroatoms. The Morgan fingerprint density at radius 3 is 2.62 bits per heavy atom. The molecule has 0 aliphatic carbocycles. The number of hydrogen-bond donors (Lipinski definition) is 0. The maximum Gasteiger partial charge on any atom is 0.351 e. The molecule has 1 heterocycles. The Labute approximate surface area is 125 Å². The van der Waals surface area contributed by atoms with E-state index in [2.05, 4.69) is 9.24 Å². The third kappa shape index (κ3) is 5.98. The molecule has 1 saturated heterocycles. The average Bonchev–Trinajstić information content (AvgIpc) is 2.62. The second kappa shape index (κ2) is 7.71. The highest BCUT2D eigenvalue weighted by Gasteiger charge is 2.42. The zero-order chi connectivity index (χ0) is 16.0. The van der Waals surface area contributed by atoms with Gasteiger partial charge in [0.2, 0.25) is 11.6 Å². The molecule has 0 radical (unpaired) electrons. The average molecular weight is 320 g/mol. The number of unbranched alkanes of at least 4 members (excludes halogenated alkanes) is 1. The Bertz CT molecular complexity index is 407. The number of rotatable bonds is 7. The van der Waals surface area contributed by atoms with Crippen LogP contribution in [-0.2, 0) is 33.3 Å². The second-order valence-electron chi connectivity index (χ2n) is 5.06. The molecule has 0 aromatic carbocycles. The van der Waals surface area contributed by atoms with Gasteiger partial charge in [-0.3, -0.25) is 4.79 Å². The van der Waals surface area contributed by atoms with Gasteiger partial charge in [0.05, 0.1) is 13.0 Å². The van der Waals surface area contributed by atoms with Crippen LogP contribution in [0, 0.1) is 0 Å². The van der Waals surface area contributed by atoms with Crippen molar-refractivity contribution in [1.82, 2.24) is 0 Å². The van der Waals surface area contributed by atoms with Crippen molar-refractivity contribution >= 4 is 27.1 Å². The molecule has 0 amide bonds. The van der Waals surface area contributed by atoms with Gasteiger partial charge in [0.25, 0.3) is 0 Å². The van der Waals surface area contributed by atoms with E-state index in [9.17, 15) is 14.4 Å². The van der Waals surface area contributed by atoms with Gasteiger partial charge in [-0.05, 0) is 6.42 Å². The summed E-state index contributed by atoms with van der Waals surface area (Å²) >= 11 is 0. The van der Waals surface area contributed by atoms with Crippen molar-refractivity contribution in [2.24, 2.45) is 0 Å². The fourth-order valence-electron chi connectivity index (χ4n) is 1.64. The maximum atomic E-state index is 11.7. The normalized spacial score (nSPS) is 21.5. The first-order valence-corrected chi connectivity index (χ1v) is 7.44. The van der Waals surface area contributed by atoms with Crippen LogP contribution in [0.5, 0.6) is 0 Å². The van der Waals surface area contributed by atoms with E-state index in [0.717, 1.165) is 12.8 Å².